The molecule has 0 unspecified atom stereocenters. The summed E-state index contributed by atoms with van der Waals surface area (Å²) in [6, 6.07) is 38.7. The maximum atomic E-state index is 7.10. The average Bonchev–Trinajstić information content (AvgIpc) is 2.80. The minimum Gasteiger partial charge on any atom is -0.530 e. The molecule has 2 heteroatoms. The van der Waals surface area contributed by atoms with Crippen molar-refractivity contribution in [2.45, 2.75) is 6.92 Å². The molecule has 0 fully saturated rings. The zero-order chi connectivity index (χ0) is 19.7. The third-order valence-electron chi connectivity index (χ3n) is 5.55. The molecular formula is C27H22OSi. The molecule has 0 saturated heterocycles. The largest absolute Gasteiger partial charge is 0.530 e. The topological polar surface area (TPSA) is 9.23 Å². The molecule has 0 N–H and O–H groups in total. The molecule has 0 radical (unpaired) electrons. The molecule has 140 valence electrons. The second-order valence-electron chi connectivity index (χ2n) is 7.48. The van der Waals surface area contributed by atoms with Crippen LogP contribution in [0.1, 0.15) is 16.7 Å². The third-order valence-corrected chi connectivity index (χ3v) is 9.59. The van der Waals surface area contributed by atoms with Crippen LogP contribution in [-0.4, -0.2) is 8.32 Å². The van der Waals surface area contributed by atoms with Crippen molar-refractivity contribution >= 4 is 35.7 Å². The zero-order valence-corrected chi connectivity index (χ0v) is 17.4. The van der Waals surface area contributed by atoms with E-state index in [4.69, 9.17) is 4.43 Å². The molecule has 0 amide bonds. The van der Waals surface area contributed by atoms with Gasteiger partial charge in [0, 0.05) is 5.56 Å². The summed E-state index contributed by atoms with van der Waals surface area (Å²) in [7, 11) is -2.69. The summed E-state index contributed by atoms with van der Waals surface area (Å²) in [5.74, 6) is 0.947. The van der Waals surface area contributed by atoms with Gasteiger partial charge in [-0.25, -0.2) is 0 Å². The van der Waals surface area contributed by atoms with Gasteiger partial charge in [-0.3, -0.25) is 0 Å². The Bertz CT molecular complexity index is 1130. The minimum absolute atomic E-state index is 0.947. The summed E-state index contributed by atoms with van der Waals surface area (Å²) in [4.78, 5) is 0. The van der Waals surface area contributed by atoms with E-state index >= 15 is 0 Å². The highest BCUT2D eigenvalue weighted by Gasteiger charge is 2.47. The van der Waals surface area contributed by atoms with Gasteiger partial charge in [-0.1, -0.05) is 115 Å². The standard InChI is InChI=1S/C27H22OSi/c1-21-17-18-27-23(19-21)20-26(22-11-5-2-6-12-22)28-29(27,24-13-7-3-8-14-24)25-15-9-4-10-16-25/h2-20H,1H3. The molecule has 0 aromatic heterocycles. The van der Waals surface area contributed by atoms with Crippen molar-refractivity contribution in [2.75, 3.05) is 0 Å². The number of rotatable bonds is 3. The molecule has 0 aliphatic carbocycles. The van der Waals surface area contributed by atoms with Gasteiger partial charge in [0.25, 0.3) is 0 Å². The van der Waals surface area contributed by atoms with Crippen LogP contribution >= 0.6 is 0 Å². The van der Waals surface area contributed by atoms with E-state index in [9.17, 15) is 0 Å². The number of hydrogen-bond donors (Lipinski definition) is 0. The second kappa shape index (κ2) is 7.23. The van der Waals surface area contributed by atoms with Crippen LogP contribution < -0.4 is 15.6 Å². The smallest absolute Gasteiger partial charge is 0.347 e. The molecule has 4 aromatic rings. The summed E-state index contributed by atoms with van der Waals surface area (Å²) >= 11 is 0. The number of benzene rings is 4. The first-order valence-corrected chi connectivity index (χ1v) is 11.9. The molecule has 1 nitrogen and oxygen atoms in total. The highest BCUT2D eigenvalue weighted by molar-refractivity contribution is 7.08. The van der Waals surface area contributed by atoms with Crippen LogP contribution in [0, 0.1) is 6.92 Å². The van der Waals surface area contributed by atoms with E-state index in [2.05, 4.69) is 116 Å². The predicted molar refractivity (Wildman–Crippen MR) is 124 cm³/mol. The van der Waals surface area contributed by atoms with Crippen molar-refractivity contribution in [3.05, 3.63) is 126 Å². The Morgan fingerprint density at radius 1 is 0.621 bits per heavy atom. The van der Waals surface area contributed by atoms with E-state index in [0.29, 0.717) is 0 Å². The maximum Gasteiger partial charge on any atom is 0.347 e. The predicted octanol–water partition coefficient (Wildman–Crippen LogP) is 4.49. The fraction of sp³-hybridized carbons (Fsp3) is 0.0370. The first-order valence-electron chi connectivity index (χ1n) is 9.96. The molecule has 4 aromatic carbocycles. The van der Waals surface area contributed by atoms with Gasteiger partial charge in [0.2, 0.25) is 0 Å². The van der Waals surface area contributed by atoms with Crippen molar-refractivity contribution < 1.29 is 4.43 Å². The van der Waals surface area contributed by atoms with Crippen LogP contribution in [0.5, 0.6) is 0 Å². The van der Waals surface area contributed by atoms with E-state index in [-0.39, 0.29) is 0 Å². The fourth-order valence-corrected chi connectivity index (χ4v) is 8.20. The lowest BCUT2D eigenvalue weighted by Crippen LogP contribution is -2.70. The van der Waals surface area contributed by atoms with Gasteiger partial charge < -0.3 is 4.43 Å². The highest BCUT2D eigenvalue weighted by atomic mass is 28.4. The highest BCUT2D eigenvalue weighted by Crippen LogP contribution is 2.29. The van der Waals surface area contributed by atoms with Crippen molar-refractivity contribution in [1.29, 1.82) is 0 Å². The molecule has 1 heterocycles. The number of fused-ring (bicyclic) bond motifs is 1. The lowest BCUT2D eigenvalue weighted by Gasteiger charge is -2.38. The Balaban J connectivity index is 1.84. The van der Waals surface area contributed by atoms with Crippen LogP contribution in [0.3, 0.4) is 0 Å². The second-order valence-corrected chi connectivity index (χ2v) is 10.7. The van der Waals surface area contributed by atoms with Crippen LogP contribution in [0.4, 0.5) is 0 Å². The van der Waals surface area contributed by atoms with E-state index in [0.717, 1.165) is 11.3 Å². The summed E-state index contributed by atoms with van der Waals surface area (Å²) in [6.07, 6.45) is 2.20. The van der Waals surface area contributed by atoms with Crippen molar-refractivity contribution in [3.63, 3.8) is 0 Å². The van der Waals surface area contributed by atoms with Crippen LogP contribution in [0.25, 0.3) is 11.8 Å². The molecule has 0 bridgehead atoms. The lowest BCUT2D eigenvalue weighted by atomic mass is 10.1. The van der Waals surface area contributed by atoms with Gasteiger partial charge in [0.15, 0.2) is 0 Å². The third kappa shape index (κ3) is 3.02. The van der Waals surface area contributed by atoms with Gasteiger partial charge in [0.05, 0.1) is 0 Å². The van der Waals surface area contributed by atoms with Gasteiger partial charge in [-0.05, 0) is 34.1 Å². The Hall–Kier alpha value is -3.36. The quantitative estimate of drug-likeness (QED) is 0.468. The molecule has 0 atom stereocenters. The van der Waals surface area contributed by atoms with Crippen molar-refractivity contribution in [2.24, 2.45) is 0 Å². The van der Waals surface area contributed by atoms with Crippen LogP contribution in [0.2, 0.25) is 0 Å². The molecule has 1 aliphatic heterocycles. The molecule has 29 heavy (non-hydrogen) atoms. The molecule has 0 saturated carbocycles. The Morgan fingerprint density at radius 2 is 1.17 bits per heavy atom. The van der Waals surface area contributed by atoms with E-state index < -0.39 is 8.32 Å². The lowest BCUT2D eigenvalue weighted by molar-refractivity contribution is 0.534. The Kier molecular flexibility index (Phi) is 4.42. The summed E-state index contributed by atoms with van der Waals surface area (Å²) in [5.41, 5.74) is 3.64. The van der Waals surface area contributed by atoms with Gasteiger partial charge >= 0.3 is 8.32 Å². The fourth-order valence-electron chi connectivity index (χ4n) is 4.20. The van der Waals surface area contributed by atoms with Crippen molar-refractivity contribution in [3.8, 4) is 0 Å². The first kappa shape index (κ1) is 17.7. The van der Waals surface area contributed by atoms with Crippen LogP contribution in [0.15, 0.2) is 109 Å². The molecular weight excluding hydrogens is 368 g/mol. The molecule has 1 aliphatic rings. The normalized spacial score (nSPS) is 14.4. The van der Waals surface area contributed by atoms with E-state index in [1.165, 1.54) is 26.7 Å². The number of aryl methyl sites for hydroxylation is 1. The van der Waals surface area contributed by atoms with E-state index in [1.54, 1.807) is 0 Å². The number of hydrogen-bond acceptors (Lipinski definition) is 1. The first-order chi connectivity index (χ1) is 14.3. The van der Waals surface area contributed by atoms with Crippen LogP contribution in [-0.2, 0) is 4.43 Å². The Morgan fingerprint density at radius 3 is 1.76 bits per heavy atom. The van der Waals surface area contributed by atoms with Gasteiger partial charge in [-0.15, -0.1) is 0 Å². The SMILES string of the molecule is Cc1ccc2c(c1)C=C(c1ccccc1)O[Si]2(c1ccccc1)c1ccccc1. The Labute approximate surface area is 173 Å². The minimum atomic E-state index is -2.69. The monoisotopic (exact) mass is 390 g/mol. The zero-order valence-electron chi connectivity index (χ0n) is 16.4. The maximum absolute atomic E-state index is 7.10. The van der Waals surface area contributed by atoms with Gasteiger partial charge in [0.1, 0.15) is 5.76 Å². The van der Waals surface area contributed by atoms with Crippen molar-refractivity contribution in [1.82, 2.24) is 0 Å². The average molecular weight is 391 g/mol. The summed E-state index contributed by atoms with van der Waals surface area (Å²) < 4.78 is 7.10. The molecule has 0 spiro atoms. The summed E-state index contributed by atoms with van der Waals surface area (Å²) in [6.45, 7) is 2.15. The van der Waals surface area contributed by atoms with E-state index in [1.807, 2.05) is 6.07 Å². The van der Waals surface area contributed by atoms with Gasteiger partial charge in [-0.2, -0.15) is 0 Å². The summed E-state index contributed by atoms with van der Waals surface area (Å²) in [5, 5.41) is 3.83. The molecule has 5 rings (SSSR count).